The number of nitrogens with one attached hydrogen (secondary N) is 1. The fourth-order valence-electron chi connectivity index (χ4n) is 6.09. The third-order valence-electron chi connectivity index (χ3n) is 7.12. The maximum absolute atomic E-state index is 13.6. The third-order valence-corrected chi connectivity index (χ3v) is 7.80. The number of nitro groups is 1. The van der Waals surface area contributed by atoms with Gasteiger partial charge in [-0.25, -0.2) is 0 Å². The number of carbonyl (C=O) groups is 1. The van der Waals surface area contributed by atoms with Gasteiger partial charge in [0, 0.05) is 33.2 Å². The molecular weight excluding hydrogens is 490 g/mol. The Kier molecular flexibility index (Phi) is 5.56. The lowest BCUT2D eigenvalue weighted by atomic mass is 9.77. The molecule has 0 radical (unpaired) electrons. The number of nitrogens with zero attached hydrogens (tertiary/aromatic N) is 2. The summed E-state index contributed by atoms with van der Waals surface area (Å²) >= 11 is 3.65. The van der Waals surface area contributed by atoms with Crippen LogP contribution < -0.4 is 14.8 Å². The van der Waals surface area contributed by atoms with Gasteiger partial charge in [-0.1, -0.05) is 34.1 Å². The van der Waals surface area contributed by atoms with E-state index < -0.39 is 17.5 Å². The first-order valence-corrected chi connectivity index (χ1v) is 12.1. The van der Waals surface area contributed by atoms with Gasteiger partial charge in [0.1, 0.15) is 0 Å². The molecule has 1 spiro atoms. The van der Waals surface area contributed by atoms with Crippen LogP contribution in [-0.4, -0.2) is 47.6 Å². The van der Waals surface area contributed by atoms with E-state index in [9.17, 15) is 14.9 Å². The second-order valence-electron chi connectivity index (χ2n) is 8.61. The van der Waals surface area contributed by atoms with Gasteiger partial charge in [-0.3, -0.25) is 19.8 Å². The lowest BCUT2D eigenvalue weighted by molar-refractivity contribution is -0.534. The van der Waals surface area contributed by atoms with Gasteiger partial charge < -0.3 is 14.8 Å². The molecule has 1 amide bonds. The van der Waals surface area contributed by atoms with E-state index in [1.165, 1.54) is 0 Å². The van der Waals surface area contributed by atoms with Crippen LogP contribution in [0, 0.1) is 10.1 Å². The summed E-state index contributed by atoms with van der Waals surface area (Å²) in [5, 5.41) is 15.7. The molecule has 0 unspecified atom stereocenters. The lowest BCUT2D eigenvalue weighted by Crippen LogP contribution is -2.55. The minimum absolute atomic E-state index is 0.138. The van der Waals surface area contributed by atoms with Crippen LogP contribution in [0.15, 0.2) is 40.9 Å². The second-order valence-corrected chi connectivity index (χ2v) is 9.47. The van der Waals surface area contributed by atoms with Crippen molar-refractivity contribution in [2.45, 2.75) is 50.2 Å². The zero-order chi connectivity index (χ0) is 23.3. The summed E-state index contributed by atoms with van der Waals surface area (Å²) in [5.41, 5.74) is 0.782. The highest BCUT2D eigenvalue weighted by atomic mass is 79.9. The van der Waals surface area contributed by atoms with E-state index in [-0.39, 0.29) is 16.9 Å². The van der Waals surface area contributed by atoms with Crippen LogP contribution in [0.5, 0.6) is 11.5 Å². The van der Waals surface area contributed by atoms with E-state index in [1.807, 2.05) is 50.2 Å². The number of hydrogen-bond donors (Lipinski definition) is 1. The SMILES string of the molecule is CCOc1cc(Br)c([C@H]2[C@H]([N+](=O)[O-])[C@@]3(C(=O)Nc4ccccc43)N3CCC[C@@H]23)cc1OCC. The Morgan fingerprint density at radius 1 is 1.21 bits per heavy atom. The van der Waals surface area contributed by atoms with Crippen molar-refractivity contribution in [3.05, 3.63) is 62.1 Å². The number of carbonyl (C=O) groups excluding carboxylic acids is 1. The van der Waals surface area contributed by atoms with E-state index in [4.69, 9.17) is 9.47 Å². The van der Waals surface area contributed by atoms with Crippen molar-refractivity contribution >= 4 is 27.5 Å². The number of ether oxygens (including phenoxy) is 2. The van der Waals surface area contributed by atoms with Gasteiger partial charge in [-0.05, 0) is 50.5 Å². The number of benzene rings is 2. The number of anilines is 1. The van der Waals surface area contributed by atoms with Gasteiger partial charge in [0.25, 0.3) is 11.9 Å². The molecule has 9 heteroatoms. The highest BCUT2D eigenvalue weighted by Crippen LogP contribution is 2.59. The summed E-state index contributed by atoms with van der Waals surface area (Å²) in [6, 6.07) is 9.75. The van der Waals surface area contributed by atoms with Gasteiger partial charge in [0.15, 0.2) is 17.0 Å². The van der Waals surface area contributed by atoms with E-state index >= 15 is 0 Å². The highest BCUT2D eigenvalue weighted by Gasteiger charge is 2.73. The first kappa shape index (κ1) is 22.2. The average molecular weight is 516 g/mol. The molecule has 4 atom stereocenters. The molecule has 0 aliphatic carbocycles. The summed E-state index contributed by atoms with van der Waals surface area (Å²) in [5.74, 6) is 0.338. The summed E-state index contributed by atoms with van der Waals surface area (Å²) in [7, 11) is 0. The van der Waals surface area contributed by atoms with Gasteiger partial charge >= 0.3 is 0 Å². The molecule has 0 saturated carbocycles. The number of amides is 1. The molecule has 3 heterocycles. The number of para-hydroxylation sites is 1. The molecule has 0 aromatic heterocycles. The second kappa shape index (κ2) is 8.29. The van der Waals surface area contributed by atoms with Crippen molar-refractivity contribution in [1.82, 2.24) is 4.90 Å². The molecule has 2 fully saturated rings. The van der Waals surface area contributed by atoms with Crippen molar-refractivity contribution in [2.24, 2.45) is 0 Å². The van der Waals surface area contributed by atoms with Crippen molar-refractivity contribution in [1.29, 1.82) is 0 Å². The fourth-order valence-corrected chi connectivity index (χ4v) is 6.68. The molecule has 3 aliphatic heterocycles. The molecule has 3 aliphatic rings. The van der Waals surface area contributed by atoms with E-state index in [1.54, 1.807) is 0 Å². The topological polar surface area (TPSA) is 93.9 Å². The van der Waals surface area contributed by atoms with Gasteiger partial charge in [-0.15, -0.1) is 0 Å². The van der Waals surface area contributed by atoms with Crippen LogP contribution in [0.2, 0.25) is 0 Å². The molecule has 0 bridgehead atoms. The molecule has 1 N–H and O–H groups in total. The van der Waals surface area contributed by atoms with Crippen LogP contribution in [-0.2, 0) is 10.3 Å². The largest absolute Gasteiger partial charge is 0.490 e. The van der Waals surface area contributed by atoms with Gasteiger partial charge in [0.05, 0.1) is 19.1 Å². The predicted octanol–water partition coefficient (Wildman–Crippen LogP) is 4.30. The Bertz CT molecular complexity index is 1130. The molecule has 2 aromatic carbocycles. The van der Waals surface area contributed by atoms with Crippen LogP contribution in [0.25, 0.3) is 0 Å². The Labute approximate surface area is 200 Å². The average Bonchev–Trinajstić information content (AvgIpc) is 3.44. The minimum Gasteiger partial charge on any atom is -0.490 e. The Morgan fingerprint density at radius 2 is 1.91 bits per heavy atom. The molecule has 174 valence electrons. The molecular formula is C24H26BrN3O5. The zero-order valence-electron chi connectivity index (χ0n) is 18.5. The van der Waals surface area contributed by atoms with Crippen molar-refractivity contribution in [2.75, 3.05) is 25.1 Å². The number of hydrogen-bond acceptors (Lipinski definition) is 6. The molecule has 5 rings (SSSR count). The summed E-state index contributed by atoms with van der Waals surface area (Å²) in [4.78, 5) is 28.1. The predicted molar refractivity (Wildman–Crippen MR) is 126 cm³/mol. The summed E-state index contributed by atoms with van der Waals surface area (Å²) in [6.07, 6.45) is 1.67. The highest BCUT2D eigenvalue weighted by molar-refractivity contribution is 9.10. The molecule has 33 heavy (non-hydrogen) atoms. The van der Waals surface area contributed by atoms with E-state index in [0.717, 1.165) is 22.9 Å². The standard InChI is InChI=1S/C24H26BrN3O5/c1-3-32-19-12-14(16(25)13-20(19)33-4-2)21-18-10-7-11-27(18)24(22(21)28(30)31)15-8-5-6-9-17(15)26-23(24)29/h5-6,8-9,12-13,18,21-22H,3-4,7,10-11H2,1-2H3,(H,26,29)/t18-,21+,22-,24-/m0/s1. The molecule has 8 nitrogen and oxygen atoms in total. The number of rotatable bonds is 6. The van der Waals surface area contributed by atoms with E-state index in [2.05, 4.69) is 26.1 Å². The smallest absolute Gasteiger partial charge is 0.256 e. The van der Waals surface area contributed by atoms with Crippen molar-refractivity contribution < 1.29 is 19.2 Å². The van der Waals surface area contributed by atoms with Crippen molar-refractivity contribution in [3.63, 3.8) is 0 Å². The minimum atomic E-state index is -1.34. The maximum Gasteiger partial charge on any atom is 0.256 e. The Morgan fingerprint density at radius 3 is 2.61 bits per heavy atom. The first-order valence-electron chi connectivity index (χ1n) is 11.3. The van der Waals surface area contributed by atoms with Gasteiger partial charge in [-0.2, -0.15) is 0 Å². The summed E-state index contributed by atoms with van der Waals surface area (Å²) in [6.45, 7) is 5.34. The first-order chi connectivity index (χ1) is 15.9. The maximum atomic E-state index is 13.6. The van der Waals surface area contributed by atoms with Crippen molar-refractivity contribution in [3.8, 4) is 11.5 Å². The monoisotopic (exact) mass is 515 g/mol. The van der Waals surface area contributed by atoms with Crippen LogP contribution in [0.1, 0.15) is 43.7 Å². The Balaban J connectivity index is 1.72. The summed E-state index contributed by atoms with van der Waals surface area (Å²) < 4.78 is 12.3. The number of halogens is 1. The normalized spacial score (nSPS) is 28.0. The van der Waals surface area contributed by atoms with Crippen LogP contribution in [0.3, 0.4) is 0 Å². The Hall–Kier alpha value is -2.65. The van der Waals surface area contributed by atoms with Crippen LogP contribution >= 0.6 is 15.9 Å². The molecule has 2 saturated heterocycles. The fraction of sp³-hybridized carbons (Fsp3) is 0.458. The molecule has 2 aromatic rings. The lowest BCUT2D eigenvalue weighted by Gasteiger charge is -2.32. The zero-order valence-corrected chi connectivity index (χ0v) is 20.1. The van der Waals surface area contributed by atoms with Gasteiger partial charge in [0.2, 0.25) is 0 Å². The third kappa shape index (κ3) is 3.09. The quantitative estimate of drug-likeness (QED) is 0.455. The van der Waals surface area contributed by atoms with Crippen LogP contribution in [0.4, 0.5) is 5.69 Å². The number of fused-ring (bicyclic) bond motifs is 4. The van der Waals surface area contributed by atoms with E-state index in [0.29, 0.717) is 42.5 Å².